The molecule has 2 aromatic carbocycles. The second-order valence-electron chi connectivity index (χ2n) is 7.75. The average Bonchev–Trinajstić information content (AvgIpc) is 3.20. The molecule has 3 N–H and O–H groups in total. The second kappa shape index (κ2) is 12.1. The van der Waals surface area contributed by atoms with Gasteiger partial charge in [-0.3, -0.25) is 14.9 Å². The Hall–Kier alpha value is -2.80. The Bertz CT molecular complexity index is 1270. The van der Waals surface area contributed by atoms with E-state index in [0.717, 1.165) is 27.2 Å². The monoisotopic (exact) mass is 509 g/mol. The summed E-state index contributed by atoms with van der Waals surface area (Å²) in [5, 5.41) is 23.7. The zero-order valence-electron chi connectivity index (χ0n) is 18.5. The maximum atomic E-state index is 12.2. The summed E-state index contributed by atoms with van der Waals surface area (Å²) in [6, 6.07) is 9.53. The van der Waals surface area contributed by atoms with Crippen LogP contribution in [0.2, 0.25) is 0 Å². The number of aromatic hydroxyl groups is 1. The van der Waals surface area contributed by atoms with E-state index in [1.807, 2.05) is 0 Å². The molecule has 0 radical (unpaired) electrons. The summed E-state index contributed by atoms with van der Waals surface area (Å²) >= 11 is 1.06. The lowest BCUT2D eigenvalue weighted by Gasteiger charge is -2.08. The van der Waals surface area contributed by atoms with E-state index >= 15 is 0 Å². The van der Waals surface area contributed by atoms with Gasteiger partial charge in [0.2, 0.25) is 0 Å². The molecule has 0 saturated heterocycles. The fraction of sp³-hybridized carbons (Fsp3) is 0.409. The van der Waals surface area contributed by atoms with Gasteiger partial charge < -0.3 is 20.1 Å². The molecule has 0 bridgehead atoms. The number of sulfone groups is 1. The topological polar surface area (TPSA) is 152 Å². The Morgan fingerprint density at radius 3 is 2.56 bits per heavy atom. The molecule has 0 saturated carbocycles. The van der Waals surface area contributed by atoms with Crippen LogP contribution < -0.4 is 10.2 Å². The van der Waals surface area contributed by atoms with Crippen molar-refractivity contribution in [2.75, 3.05) is 37.8 Å². The summed E-state index contributed by atoms with van der Waals surface area (Å²) in [4.78, 5) is 24.2. The van der Waals surface area contributed by atoms with Gasteiger partial charge in [0.1, 0.15) is 11.3 Å². The molecule has 10 nitrogen and oxygen atoms in total. The standard InChI is InChI=1S/C22H27N3O7S2/c26-19-7-4-17(21-20(19)24-22(27)33-21)8-11-23-10-1-14-34(30,31)15-13-32-12-9-16-2-5-18(6-3-16)25(28)29/h2-7,23,26H,1,8-15H2,(H,24,27). The molecule has 1 aromatic heterocycles. The normalized spacial score (nSPS) is 11.8. The number of rotatable bonds is 14. The van der Waals surface area contributed by atoms with E-state index in [2.05, 4.69) is 10.3 Å². The summed E-state index contributed by atoms with van der Waals surface area (Å²) in [5.74, 6) is 0.0605. The number of nitro benzene ring substituents is 1. The van der Waals surface area contributed by atoms with Crippen LogP contribution in [0.3, 0.4) is 0 Å². The zero-order chi connectivity index (χ0) is 24.6. The highest BCUT2D eigenvalue weighted by atomic mass is 32.2. The number of ether oxygens (including phenoxy) is 1. The molecule has 0 atom stereocenters. The third-order valence-corrected chi connectivity index (χ3v) is 7.90. The quantitative estimate of drug-likeness (QED) is 0.170. The van der Waals surface area contributed by atoms with Crippen LogP contribution in [-0.2, 0) is 27.4 Å². The third-order valence-electron chi connectivity index (χ3n) is 5.24. The highest BCUT2D eigenvalue weighted by Gasteiger charge is 2.12. The molecule has 0 unspecified atom stereocenters. The predicted molar refractivity (Wildman–Crippen MR) is 132 cm³/mol. The molecule has 0 aliphatic rings. The molecule has 0 aliphatic heterocycles. The Kier molecular flexibility index (Phi) is 9.16. The van der Waals surface area contributed by atoms with Crippen molar-refractivity contribution in [3.8, 4) is 5.75 Å². The molecule has 0 spiro atoms. The molecule has 34 heavy (non-hydrogen) atoms. The second-order valence-corrected chi connectivity index (χ2v) is 11.0. The predicted octanol–water partition coefficient (Wildman–Crippen LogP) is 2.40. The summed E-state index contributed by atoms with van der Waals surface area (Å²) < 4.78 is 30.5. The van der Waals surface area contributed by atoms with Crippen molar-refractivity contribution in [1.29, 1.82) is 0 Å². The van der Waals surface area contributed by atoms with E-state index in [4.69, 9.17) is 4.74 Å². The van der Waals surface area contributed by atoms with Gasteiger partial charge in [-0.1, -0.05) is 29.5 Å². The number of nitrogens with zero attached hydrogens (tertiary/aromatic N) is 1. The number of thiazole rings is 1. The maximum Gasteiger partial charge on any atom is 0.305 e. The molecule has 184 valence electrons. The van der Waals surface area contributed by atoms with E-state index in [0.29, 0.717) is 44.5 Å². The Balaban J connectivity index is 1.28. The number of non-ortho nitro benzene ring substituents is 1. The van der Waals surface area contributed by atoms with Gasteiger partial charge in [-0.05, 0) is 49.5 Å². The van der Waals surface area contributed by atoms with E-state index in [-0.39, 0.29) is 34.4 Å². The number of phenols is 1. The molecule has 1 heterocycles. The highest BCUT2D eigenvalue weighted by Crippen LogP contribution is 2.27. The van der Waals surface area contributed by atoms with E-state index < -0.39 is 14.8 Å². The van der Waals surface area contributed by atoms with Gasteiger partial charge in [-0.15, -0.1) is 0 Å². The Labute approximate surface area is 200 Å². The summed E-state index contributed by atoms with van der Waals surface area (Å²) in [5.41, 5.74) is 2.32. The van der Waals surface area contributed by atoms with Gasteiger partial charge in [-0.25, -0.2) is 8.42 Å². The van der Waals surface area contributed by atoms with Crippen LogP contribution in [0.25, 0.3) is 10.2 Å². The van der Waals surface area contributed by atoms with Crippen LogP contribution >= 0.6 is 11.3 Å². The van der Waals surface area contributed by atoms with Crippen molar-refractivity contribution in [2.45, 2.75) is 19.3 Å². The molecule has 0 aliphatic carbocycles. The number of fused-ring (bicyclic) bond motifs is 1. The molecule has 3 rings (SSSR count). The lowest BCUT2D eigenvalue weighted by atomic mass is 10.1. The van der Waals surface area contributed by atoms with Crippen LogP contribution in [0.1, 0.15) is 17.5 Å². The van der Waals surface area contributed by atoms with Crippen LogP contribution in [0, 0.1) is 10.1 Å². The molecule has 3 aromatic rings. The summed E-state index contributed by atoms with van der Waals surface area (Å²) in [7, 11) is -3.22. The van der Waals surface area contributed by atoms with Crippen LogP contribution in [0.15, 0.2) is 41.2 Å². The average molecular weight is 510 g/mol. The molecule has 0 amide bonds. The zero-order valence-corrected chi connectivity index (χ0v) is 20.1. The van der Waals surface area contributed by atoms with Crippen molar-refractivity contribution in [3.05, 3.63) is 67.3 Å². The van der Waals surface area contributed by atoms with Gasteiger partial charge in [-0.2, -0.15) is 0 Å². The molecular formula is C22H27N3O7S2. The van der Waals surface area contributed by atoms with Gasteiger partial charge in [0.15, 0.2) is 9.84 Å². The highest BCUT2D eigenvalue weighted by molar-refractivity contribution is 7.91. The van der Waals surface area contributed by atoms with Crippen molar-refractivity contribution >= 4 is 37.1 Å². The first-order valence-corrected chi connectivity index (χ1v) is 13.4. The van der Waals surface area contributed by atoms with Gasteiger partial charge >= 0.3 is 4.87 Å². The van der Waals surface area contributed by atoms with Crippen LogP contribution in [-0.4, -0.2) is 61.2 Å². The van der Waals surface area contributed by atoms with Gasteiger partial charge in [0.05, 0.1) is 34.3 Å². The smallest absolute Gasteiger partial charge is 0.305 e. The first-order valence-electron chi connectivity index (χ1n) is 10.8. The number of hydrogen-bond donors (Lipinski definition) is 3. The fourth-order valence-electron chi connectivity index (χ4n) is 3.40. The van der Waals surface area contributed by atoms with Gasteiger partial charge in [0, 0.05) is 12.1 Å². The van der Waals surface area contributed by atoms with Crippen molar-refractivity contribution in [1.82, 2.24) is 10.3 Å². The first-order chi connectivity index (χ1) is 16.2. The lowest BCUT2D eigenvalue weighted by Crippen LogP contribution is -2.23. The van der Waals surface area contributed by atoms with E-state index in [9.17, 15) is 28.4 Å². The van der Waals surface area contributed by atoms with Crippen LogP contribution in [0.5, 0.6) is 5.75 Å². The minimum atomic E-state index is -3.22. The number of nitro groups is 1. The number of hydrogen-bond acceptors (Lipinski definition) is 9. The lowest BCUT2D eigenvalue weighted by molar-refractivity contribution is -0.384. The molecule has 0 fully saturated rings. The maximum absolute atomic E-state index is 12.2. The largest absolute Gasteiger partial charge is 0.506 e. The van der Waals surface area contributed by atoms with Crippen LogP contribution in [0.4, 0.5) is 5.69 Å². The first kappa shape index (κ1) is 25.8. The minimum absolute atomic E-state index is 0.0295. The summed E-state index contributed by atoms with van der Waals surface area (Å²) in [6.07, 6.45) is 1.68. The Morgan fingerprint density at radius 1 is 1.06 bits per heavy atom. The Morgan fingerprint density at radius 2 is 1.82 bits per heavy atom. The van der Waals surface area contributed by atoms with E-state index in [1.54, 1.807) is 24.3 Å². The number of phenolic OH excluding ortho intramolecular Hbond substituents is 1. The van der Waals surface area contributed by atoms with Crippen molar-refractivity contribution < 1.29 is 23.2 Å². The summed E-state index contributed by atoms with van der Waals surface area (Å²) in [6.45, 7) is 1.62. The number of benzene rings is 2. The number of nitrogens with one attached hydrogen (secondary N) is 2. The van der Waals surface area contributed by atoms with Gasteiger partial charge in [0.25, 0.3) is 5.69 Å². The fourth-order valence-corrected chi connectivity index (χ4v) is 5.46. The van der Waals surface area contributed by atoms with Crippen molar-refractivity contribution in [3.63, 3.8) is 0 Å². The van der Waals surface area contributed by atoms with E-state index in [1.165, 1.54) is 12.1 Å². The number of H-pyrrole nitrogens is 1. The SMILES string of the molecule is O=c1[nH]c2c(O)ccc(CCNCCCS(=O)(=O)CCOCCc3ccc([N+](=O)[O-])cc3)c2s1. The minimum Gasteiger partial charge on any atom is -0.506 e. The molecular weight excluding hydrogens is 482 g/mol. The van der Waals surface area contributed by atoms with Crippen molar-refractivity contribution in [2.24, 2.45) is 0 Å². The number of aromatic nitrogens is 1. The molecule has 12 heteroatoms. The third kappa shape index (κ3) is 7.62. The number of aromatic amines is 1.